The molecule has 0 aromatic heterocycles. The first-order valence-corrected chi connectivity index (χ1v) is 14.2. The summed E-state index contributed by atoms with van der Waals surface area (Å²) in [4.78, 5) is 0. The number of benzene rings is 5. The highest BCUT2D eigenvalue weighted by molar-refractivity contribution is 5.74. The van der Waals surface area contributed by atoms with E-state index in [-0.39, 0.29) is 33.4 Å². The molecule has 0 spiro atoms. The number of aryl methyl sites for hydroxylation is 1. The van der Waals surface area contributed by atoms with Crippen LogP contribution in [0.1, 0.15) is 37.3 Å². The molecule has 0 radical (unpaired) electrons. The van der Waals surface area contributed by atoms with E-state index in [0.717, 1.165) is 67.8 Å². The third-order valence-corrected chi connectivity index (χ3v) is 7.39. The van der Waals surface area contributed by atoms with Crippen LogP contribution in [0.4, 0.5) is 35.1 Å². The molecule has 5 aromatic carbocycles. The van der Waals surface area contributed by atoms with Crippen LogP contribution in [-0.4, -0.2) is 0 Å². The maximum absolute atomic E-state index is 15.2. The Hall–Kier alpha value is -4.66. The molecule has 232 valence electrons. The highest BCUT2D eigenvalue weighted by Crippen LogP contribution is 2.37. The number of unbranched alkanes of at least 4 members (excludes halogenated alkanes) is 2. The molecular weight excluding hydrogens is 600 g/mol. The van der Waals surface area contributed by atoms with Crippen LogP contribution in [0.3, 0.4) is 0 Å². The monoisotopic (exact) mass is 626 g/mol. The van der Waals surface area contributed by atoms with Gasteiger partial charge in [0.15, 0.2) is 11.6 Å². The van der Waals surface area contributed by atoms with E-state index in [0.29, 0.717) is 18.1 Å². The highest BCUT2D eigenvalue weighted by atomic mass is 19.3. The summed E-state index contributed by atoms with van der Waals surface area (Å²) >= 11 is 0. The zero-order chi connectivity index (χ0) is 32.3. The van der Waals surface area contributed by atoms with Gasteiger partial charge < -0.3 is 4.74 Å². The van der Waals surface area contributed by atoms with Crippen LogP contribution in [0.5, 0.6) is 5.75 Å². The molecule has 0 atom stereocenters. The van der Waals surface area contributed by atoms with Crippen molar-refractivity contribution in [3.63, 3.8) is 0 Å². The SMILES string of the molecule is CCCCCc1ccc(C(F)(F)Oc2ccc(-c3ccc(-c4ccc(-c5ccc(F)c(F)c5)c(F)c4)c(F)c3)c(F)c2)c(F)c1. The van der Waals surface area contributed by atoms with E-state index >= 15 is 8.78 Å². The normalized spacial score (nSPS) is 11.6. The molecule has 0 saturated carbocycles. The maximum Gasteiger partial charge on any atom is 0.429 e. The Morgan fingerprint density at radius 1 is 0.511 bits per heavy atom. The molecule has 45 heavy (non-hydrogen) atoms. The summed E-state index contributed by atoms with van der Waals surface area (Å²) in [5.41, 5.74) is -0.282. The van der Waals surface area contributed by atoms with Crippen molar-refractivity contribution in [1.29, 1.82) is 0 Å². The summed E-state index contributed by atoms with van der Waals surface area (Å²) in [5.74, 6) is -6.56. The molecule has 0 fully saturated rings. The molecule has 5 aromatic rings. The molecule has 0 amide bonds. The third-order valence-electron chi connectivity index (χ3n) is 7.39. The second-order valence-corrected chi connectivity index (χ2v) is 10.5. The molecule has 5 rings (SSSR count). The Morgan fingerprint density at radius 3 is 1.56 bits per heavy atom. The quantitative estimate of drug-likeness (QED) is 0.111. The van der Waals surface area contributed by atoms with Crippen molar-refractivity contribution in [2.45, 2.75) is 38.7 Å². The third kappa shape index (κ3) is 7.03. The molecule has 0 N–H and O–H groups in total. The zero-order valence-electron chi connectivity index (χ0n) is 23.9. The van der Waals surface area contributed by atoms with Crippen molar-refractivity contribution in [3.8, 4) is 39.1 Å². The Bertz CT molecular complexity index is 1850. The van der Waals surface area contributed by atoms with Gasteiger partial charge in [-0.1, -0.05) is 56.2 Å². The standard InChI is InChI=1S/C36H26F8O/c1-2-3-4-5-21-6-14-29(34(41)16-21)36(43,44)45-25-10-13-28(33(40)20-25)23-8-11-26(31(38)18-23)22-7-12-27(32(39)17-22)24-9-15-30(37)35(42)19-24/h6-20H,2-5H2,1H3. The van der Waals surface area contributed by atoms with Crippen molar-refractivity contribution in [2.24, 2.45) is 0 Å². The van der Waals surface area contributed by atoms with E-state index in [1.54, 1.807) is 0 Å². The van der Waals surface area contributed by atoms with E-state index in [4.69, 9.17) is 0 Å². The molecule has 0 saturated heterocycles. The van der Waals surface area contributed by atoms with Crippen molar-refractivity contribution >= 4 is 0 Å². The number of alkyl halides is 2. The Labute approximate surface area is 254 Å². The second kappa shape index (κ2) is 13.1. The lowest BCUT2D eigenvalue weighted by atomic mass is 9.97. The van der Waals surface area contributed by atoms with Crippen LogP contribution >= 0.6 is 0 Å². The Morgan fingerprint density at radius 2 is 1.04 bits per heavy atom. The van der Waals surface area contributed by atoms with Crippen molar-refractivity contribution in [2.75, 3.05) is 0 Å². The van der Waals surface area contributed by atoms with Gasteiger partial charge in [0, 0.05) is 22.8 Å². The number of rotatable bonds is 10. The molecular formula is C36H26F8O. The van der Waals surface area contributed by atoms with Crippen LogP contribution in [0.25, 0.3) is 33.4 Å². The van der Waals surface area contributed by atoms with E-state index in [1.807, 2.05) is 6.92 Å². The van der Waals surface area contributed by atoms with Gasteiger partial charge in [0.25, 0.3) is 0 Å². The summed E-state index contributed by atoms with van der Waals surface area (Å²) in [6, 6.07) is 16.6. The number of ether oxygens (including phenoxy) is 1. The Balaban J connectivity index is 1.33. The number of hydrogen-bond donors (Lipinski definition) is 0. The van der Waals surface area contributed by atoms with Gasteiger partial charge in [0.2, 0.25) is 0 Å². The molecule has 0 unspecified atom stereocenters. The molecule has 0 aliphatic carbocycles. The van der Waals surface area contributed by atoms with Crippen molar-refractivity contribution < 1.29 is 39.9 Å². The van der Waals surface area contributed by atoms with Gasteiger partial charge in [-0.25, -0.2) is 26.3 Å². The largest absolute Gasteiger partial charge is 0.429 e. The predicted octanol–water partition coefficient (Wildman–Crippen LogP) is 11.4. The molecule has 0 aliphatic heterocycles. The molecule has 0 aliphatic rings. The van der Waals surface area contributed by atoms with Gasteiger partial charge in [-0.15, -0.1) is 0 Å². The first-order chi connectivity index (χ1) is 21.5. The molecule has 1 nitrogen and oxygen atoms in total. The van der Waals surface area contributed by atoms with E-state index in [2.05, 4.69) is 4.74 Å². The van der Waals surface area contributed by atoms with Gasteiger partial charge in [0.05, 0.1) is 5.56 Å². The van der Waals surface area contributed by atoms with E-state index in [1.165, 1.54) is 36.4 Å². The number of halogens is 8. The zero-order valence-corrected chi connectivity index (χ0v) is 23.9. The summed E-state index contributed by atoms with van der Waals surface area (Å²) in [5, 5.41) is 0. The van der Waals surface area contributed by atoms with Gasteiger partial charge >= 0.3 is 6.11 Å². The minimum atomic E-state index is -4.09. The molecule has 9 heteroatoms. The summed E-state index contributed by atoms with van der Waals surface area (Å²) in [6.07, 6.45) is -0.852. The minimum absolute atomic E-state index is 0.0205. The van der Waals surface area contributed by atoms with Crippen LogP contribution < -0.4 is 4.74 Å². The van der Waals surface area contributed by atoms with Crippen LogP contribution in [0.2, 0.25) is 0 Å². The van der Waals surface area contributed by atoms with Gasteiger partial charge in [0.1, 0.15) is 29.0 Å². The second-order valence-electron chi connectivity index (χ2n) is 10.5. The van der Waals surface area contributed by atoms with Crippen LogP contribution in [0, 0.1) is 34.9 Å². The summed E-state index contributed by atoms with van der Waals surface area (Å²) < 4.78 is 121. The fourth-order valence-corrected chi connectivity index (χ4v) is 5.02. The van der Waals surface area contributed by atoms with E-state index in [9.17, 15) is 26.3 Å². The van der Waals surface area contributed by atoms with Crippen molar-refractivity contribution in [3.05, 3.63) is 137 Å². The van der Waals surface area contributed by atoms with Gasteiger partial charge in [-0.05, 0) is 83.6 Å². The summed E-state index contributed by atoms with van der Waals surface area (Å²) in [7, 11) is 0. The Kier molecular flexibility index (Phi) is 9.27. The van der Waals surface area contributed by atoms with Crippen LogP contribution in [0.15, 0.2) is 91.0 Å². The number of hydrogen-bond acceptors (Lipinski definition) is 1. The first-order valence-electron chi connectivity index (χ1n) is 14.2. The predicted molar refractivity (Wildman–Crippen MR) is 157 cm³/mol. The topological polar surface area (TPSA) is 9.23 Å². The summed E-state index contributed by atoms with van der Waals surface area (Å²) in [6.45, 7) is 2.01. The van der Waals surface area contributed by atoms with Crippen LogP contribution in [-0.2, 0) is 12.5 Å². The lowest BCUT2D eigenvalue weighted by Crippen LogP contribution is -2.23. The smallest absolute Gasteiger partial charge is 0.429 e. The average molecular weight is 627 g/mol. The van der Waals surface area contributed by atoms with E-state index < -0.39 is 52.3 Å². The minimum Gasteiger partial charge on any atom is -0.429 e. The molecule has 0 heterocycles. The van der Waals surface area contributed by atoms with Gasteiger partial charge in [-0.2, -0.15) is 8.78 Å². The first kappa shape index (κ1) is 31.8. The molecule has 0 bridgehead atoms. The maximum atomic E-state index is 15.2. The van der Waals surface area contributed by atoms with Crippen molar-refractivity contribution in [1.82, 2.24) is 0 Å². The lowest BCUT2D eigenvalue weighted by Gasteiger charge is -2.20. The fourth-order valence-electron chi connectivity index (χ4n) is 5.02. The fraction of sp³-hybridized carbons (Fsp3) is 0.167. The lowest BCUT2D eigenvalue weighted by molar-refractivity contribution is -0.187. The van der Waals surface area contributed by atoms with Gasteiger partial charge in [-0.3, -0.25) is 0 Å². The average Bonchev–Trinajstić information content (AvgIpc) is 2.98. The highest BCUT2D eigenvalue weighted by Gasteiger charge is 2.38.